The second kappa shape index (κ2) is 5.46. The first-order chi connectivity index (χ1) is 7.75. The smallest absolute Gasteiger partial charge is 0.0638 e. The zero-order chi connectivity index (χ0) is 11.4. The average molecular weight is 223 g/mol. The lowest BCUT2D eigenvalue weighted by molar-refractivity contribution is 0.142. The lowest BCUT2D eigenvalue weighted by Crippen LogP contribution is -2.28. The van der Waals surface area contributed by atoms with Gasteiger partial charge in [-0.05, 0) is 26.2 Å². The number of aryl methyl sites for hydroxylation is 2. The quantitative estimate of drug-likeness (QED) is 0.841. The van der Waals surface area contributed by atoms with Crippen LogP contribution >= 0.6 is 0 Å². The summed E-state index contributed by atoms with van der Waals surface area (Å²) in [4.78, 5) is 0. The highest BCUT2D eigenvalue weighted by Gasteiger charge is 2.12. The molecule has 0 amide bonds. The van der Waals surface area contributed by atoms with Crippen LogP contribution in [0.3, 0.4) is 0 Å². The third-order valence-electron chi connectivity index (χ3n) is 3.15. The molecule has 1 atom stereocenters. The number of ether oxygens (including phenoxy) is 1. The predicted molar refractivity (Wildman–Crippen MR) is 63.2 cm³/mol. The topological polar surface area (TPSA) is 39.1 Å². The summed E-state index contributed by atoms with van der Waals surface area (Å²) in [5.74, 6) is 0. The molecule has 0 aromatic carbocycles. The van der Waals surface area contributed by atoms with E-state index in [1.807, 2.05) is 11.7 Å². The summed E-state index contributed by atoms with van der Waals surface area (Å²) in [5.41, 5.74) is 2.42. The molecule has 0 aliphatic carbocycles. The van der Waals surface area contributed by atoms with Crippen molar-refractivity contribution in [2.45, 2.75) is 38.8 Å². The highest BCUT2D eigenvalue weighted by molar-refractivity contribution is 5.14. The monoisotopic (exact) mass is 223 g/mol. The molecule has 1 N–H and O–H groups in total. The molecule has 0 spiro atoms. The van der Waals surface area contributed by atoms with Gasteiger partial charge < -0.3 is 10.1 Å². The van der Waals surface area contributed by atoms with Crippen LogP contribution in [0.2, 0.25) is 0 Å². The van der Waals surface area contributed by atoms with E-state index in [-0.39, 0.29) is 0 Å². The minimum absolute atomic E-state index is 0.599. The van der Waals surface area contributed by atoms with Crippen molar-refractivity contribution in [3.63, 3.8) is 0 Å². The number of rotatable bonds is 3. The van der Waals surface area contributed by atoms with Crippen molar-refractivity contribution < 1.29 is 4.74 Å². The summed E-state index contributed by atoms with van der Waals surface area (Å²) in [6, 6.07) is 0.599. The number of aromatic nitrogens is 2. The van der Waals surface area contributed by atoms with E-state index in [9.17, 15) is 0 Å². The van der Waals surface area contributed by atoms with E-state index in [0.717, 1.165) is 31.9 Å². The van der Waals surface area contributed by atoms with Gasteiger partial charge in [-0.3, -0.25) is 4.68 Å². The van der Waals surface area contributed by atoms with E-state index in [1.165, 1.54) is 18.4 Å². The molecule has 4 heteroatoms. The van der Waals surface area contributed by atoms with Gasteiger partial charge in [-0.2, -0.15) is 5.10 Å². The first-order valence-corrected chi connectivity index (χ1v) is 6.06. The van der Waals surface area contributed by atoms with Crippen LogP contribution < -0.4 is 5.32 Å². The molecule has 1 aromatic heterocycles. The maximum atomic E-state index is 5.45. The van der Waals surface area contributed by atoms with E-state index in [2.05, 4.69) is 23.5 Å². The zero-order valence-electron chi connectivity index (χ0n) is 10.2. The van der Waals surface area contributed by atoms with Crippen molar-refractivity contribution in [2.24, 2.45) is 7.05 Å². The molecule has 2 heterocycles. The van der Waals surface area contributed by atoms with Crippen LogP contribution in [0, 0.1) is 6.92 Å². The largest absolute Gasteiger partial charge is 0.381 e. The maximum absolute atomic E-state index is 5.45. The first kappa shape index (κ1) is 11.6. The van der Waals surface area contributed by atoms with Gasteiger partial charge in [-0.1, -0.05) is 0 Å². The molecule has 2 rings (SSSR count). The maximum Gasteiger partial charge on any atom is 0.0638 e. The van der Waals surface area contributed by atoms with E-state index in [1.54, 1.807) is 0 Å². The van der Waals surface area contributed by atoms with Gasteiger partial charge in [0.1, 0.15) is 0 Å². The zero-order valence-corrected chi connectivity index (χ0v) is 10.2. The van der Waals surface area contributed by atoms with Crippen LogP contribution in [0.1, 0.15) is 30.5 Å². The van der Waals surface area contributed by atoms with Crippen LogP contribution in [0.15, 0.2) is 6.20 Å². The van der Waals surface area contributed by atoms with Gasteiger partial charge in [0.05, 0.1) is 5.69 Å². The van der Waals surface area contributed by atoms with Crippen molar-refractivity contribution in [1.82, 2.24) is 15.1 Å². The number of nitrogens with one attached hydrogen (secondary N) is 1. The molecule has 1 aromatic rings. The molecule has 0 bridgehead atoms. The SMILES string of the molecule is Cc1nn(C)cc1CNC1CCCOCC1. The van der Waals surface area contributed by atoms with Crippen LogP contribution in [0.25, 0.3) is 0 Å². The van der Waals surface area contributed by atoms with Gasteiger partial charge in [0.25, 0.3) is 0 Å². The Hall–Kier alpha value is -0.870. The molecule has 0 radical (unpaired) electrons. The second-order valence-electron chi connectivity index (χ2n) is 4.53. The van der Waals surface area contributed by atoms with Gasteiger partial charge in [-0.15, -0.1) is 0 Å². The van der Waals surface area contributed by atoms with Crippen molar-refractivity contribution in [1.29, 1.82) is 0 Å². The molecular formula is C12H21N3O. The van der Waals surface area contributed by atoms with E-state index in [0.29, 0.717) is 6.04 Å². The summed E-state index contributed by atoms with van der Waals surface area (Å²) in [7, 11) is 1.97. The molecular weight excluding hydrogens is 202 g/mol. The van der Waals surface area contributed by atoms with E-state index < -0.39 is 0 Å². The van der Waals surface area contributed by atoms with Crippen molar-refractivity contribution in [3.8, 4) is 0 Å². The van der Waals surface area contributed by atoms with Gasteiger partial charge >= 0.3 is 0 Å². The molecule has 1 aliphatic heterocycles. The molecule has 1 unspecified atom stereocenters. The fourth-order valence-corrected chi connectivity index (χ4v) is 2.18. The van der Waals surface area contributed by atoms with Gasteiger partial charge in [0, 0.05) is 44.6 Å². The highest BCUT2D eigenvalue weighted by atomic mass is 16.5. The Morgan fingerprint density at radius 2 is 2.38 bits per heavy atom. The molecule has 1 aliphatic rings. The fourth-order valence-electron chi connectivity index (χ4n) is 2.18. The molecule has 16 heavy (non-hydrogen) atoms. The minimum Gasteiger partial charge on any atom is -0.381 e. The third kappa shape index (κ3) is 3.06. The standard InChI is InChI=1S/C12H21N3O/c1-10-11(9-15(2)14-10)8-13-12-4-3-6-16-7-5-12/h9,12-13H,3-8H2,1-2H3. The van der Waals surface area contributed by atoms with Crippen LogP contribution in [0.4, 0.5) is 0 Å². The number of nitrogens with zero attached hydrogens (tertiary/aromatic N) is 2. The van der Waals surface area contributed by atoms with Crippen molar-refractivity contribution >= 4 is 0 Å². The molecule has 0 saturated carbocycles. The summed E-state index contributed by atoms with van der Waals surface area (Å²) < 4.78 is 7.33. The fraction of sp³-hybridized carbons (Fsp3) is 0.750. The van der Waals surface area contributed by atoms with Crippen LogP contribution in [-0.4, -0.2) is 29.0 Å². The summed E-state index contributed by atoms with van der Waals surface area (Å²) in [6.45, 7) is 4.80. The molecule has 1 fully saturated rings. The first-order valence-electron chi connectivity index (χ1n) is 6.06. The minimum atomic E-state index is 0.599. The summed E-state index contributed by atoms with van der Waals surface area (Å²) in [6.07, 6.45) is 5.61. The normalized spacial score (nSPS) is 22.0. The van der Waals surface area contributed by atoms with Crippen molar-refractivity contribution in [3.05, 3.63) is 17.5 Å². The third-order valence-corrected chi connectivity index (χ3v) is 3.15. The van der Waals surface area contributed by atoms with E-state index in [4.69, 9.17) is 4.74 Å². The lowest BCUT2D eigenvalue weighted by Gasteiger charge is -2.14. The summed E-state index contributed by atoms with van der Waals surface area (Å²) in [5, 5.41) is 7.94. The Morgan fingerprint density at radius 1 is 1.50 bits per heavy atom. The second-order valence-corrected chi connectivity index (χ2v) is 4.53. The molecule has 90 valence electrons. The lowest BCUT2D eigenvalue weighted by atomic mass is 10.1. The highest BCUT2D eigenvalue weighted by Crippen LogP contribution is 2.10. The van der Waals surface area contributed by atoms with Gasteiger partial charge in [0.15, 0.2) is 0 Å². The predicted octanol–water partition coefficient (Wildman–Crippen LogP) is 1.39. The summed E-state index contributed by atoms with van der Waals surface area (Å²) >= 11 is 0. The van der Waals surface area contributed by atoms with Gasteiger partial charge in [-0.25, -0.2) is 0 Å². The average Bonchev–Trinajstić information content (AvgIpc) is 2.48. The van der Waals surface area contributed by atoms with E-state index >= 15 is 0 Å². The van der Waals surface area contributed by atoms with Crippen molar-refractivity contribution in [2.75, 3.05) is 13.2 Å². The Kier molecular flexibility index (Phi) is 3.96. The Labute approximate surface area is 97.0 Å². The van der Waals surface area contributed by atoms with Crippen LogP contribution in [0.5, 0.6) is 0 Å². The Bertz CT molecular complexity index is 327. The van der Waals surface area contributed by atoms with Crippen LogP contribution in [-0.2, 0) is 18.3 Å². The van der Waals surface area contributed by atoms with Gasteiger partial charge in [0.2, 0.25) is 0 Å². The number of hydrogen-bond acceptors (Lipinski definition) is 3. The Balaban J connectivity index is 1.84. The number of hydrogen-bond donors (Lipinski definition) is 1. The molecule has 1 saturated heterocycles. The Morgan fingerprint density at radius 3 is 3.12 bits per heavy atom. The molecule has 4 nitrogen and oxygen atoms in total.